The summed E-state index contributed by atoms with van der Waals surface area (Å²) in [6.07, 6.45) is 0. The molecule has 0 spiro atoms. The third kappa shape index (κ3) is 3.89. The van der Waals surface area contributed by atoms with Crippen molar-refractivity contribution in [1.82, 2.24) is 5.32 Å². The van der Waals surface area contributed by atoms with Crippen LogP contribution in [-0.4, -0.2) is 0 Å². The van der Waals surface area contributed by atoms with Gasteiger partial charge in [-0.3, -0.25) is 0 Å². The minimum Gasteiger partial charge on any atom is -0.304 e. The van der Waals surface area contributed by atoms with E-state index in [4.69, 9.17) is 34.8 Å². The van der Waals surface area contributed by atoms with E-state index in [1.54, 1.807) is 6.07 Å². The maximum Gasteiger partial charge on any atom is 0.0468 e. The summed E-state index contributed by atoms with van der Waals surface area (Å²) in [7, 11) is 0. The molecule has 106 valence electrons. The molecular weight excluding hydrogens is 313 g/mol. The quantitative estimate of drug-likeness (QED) is 0.719. The van der Waals surface area contributed by atoms with Crippen LogP contribution in [0.3, 0.4) is 0 Å². The molecule has 1 unspecified atom stereocenters. The minimum atomic E-state index is 0.130. The summed E-state index contributed by atoms with van der Waals surface area (Å²) in [5.41, 5.74) is 2.23. The van der Waals surface area contributed by atoms with Gasteiger partial charge in [0, 0.05) is 27.2 Å². The molecule has 0 bridgehead atoms. The van der Waals surface area contributed by atoms with Gasteiger partial charge in [0.05, 0.1) is 0 Å². The van der Waals surface area contributed by atoms with Crippen molar-refractivity contribution in [3.05, 3.63) is 68.7 Å². The molecule has 0 amide bonds. The lowest BCUT2D eigenvalue weighted by molar-refractivity contribution is 0.495. The normalized spacial score (nSPS) is 14.1. The van der Waals surface area contributed by atoms with Crippen LogP contribution in [0.2, 0.25) is 15.1 Å². The SMILES string of the molecule is CC(N[C@@H](C)c1ccc(Cl)cc1)c1ccc(Cl)cc1Cl. The highest BCUT2D eigenvalue weighted by Crippen LogP contribution is 2.28. The van der Waals surface area contributed by atoms with Gasteiger partial charge < -0.3 is 5.32 Å². The molecule has 0 fully saturated rings. The molecule has 0 aliphatic rings. The summed E-state index contributed by atoms with van der Waals surface area (Å²) in [6, 6.07) is 13.8. The van der Waals surface area contributed by atoms with Crippen molar-refractivity contribution in [3.8, 4) is 0 Å². The van der Waals surface area contributed by atoms with Gasteiger partial charge in [-0.05, 0) is 49.2 Å². The van der Waals surface area contributed by atoms with Crippen molar-refractivity contribution >= 4 is 34.8 Å². The van der Waals surface area contributed by atoms with Crippen molar-refractivity contribution in [1.29, 1.82) is 0 Å². The van der Waals surface area contributed by atoms with E-state index in [1.807, 2.05) is 36.4 Å². The molecule has 2 rings (SSSR count). The molecule has 2 aromatic rings. The number of nitrogens with one attached hydrogen (secondary N) is 1. The molecule has 4 heteroatoms. The molecule has 2 atom stereocenters. The Bertz CT molecular complexity index is 581. The smallest absolute Gasteiger partial charge is 0.0468 e. The summed E-state index contributed by atoms with van der Waals surface area (Å²) in [5, 5.41) is 5.60. The largest absolute Gasteiger partial charge is 0.304 e. The zero-order valence-electron chi connectivity index (χ0n) is 11.3. The van der Waals surface area contributed by atoms with E-state index in [0.29, 0.717) is 10.0 Å². The second-order valence-electron chi connectivity index (χ2n) is 4.83. The molecule has 2 aromatic carbocycles. The monoisotopic (exact) mass is 327 g/mol. The Labute approximate surface area is 134 Å². The number of rotatable bonds is 4. The third-order valence-electron chi connectivity index (χ3n) is 3.30. The van der Waals surface area contributed by atoms with Gasteiger partial charge in [0.15, 0.2) is 0 Å². The Morgan fingerprint density at radius 3 is 2.00 bits per heavy atom. The summed E-state index contributed by atoms with van der Waals surface area (Å²) in [4.78, 5) is 0. The van der Waals surface area contributed by atoms with Crippen molar-refractivity contribution in [2.45, 2.75) is 25.9 Å². The van der Waals surface area contributed by atoms with Crippen LogP contribution >= 0.6 is 34.8 Å². The van der Waals surface area contributed by atoms with E-state index in [9.17, 15) is 0 Å². The summed E-state index contributed by atoms with van der Waals surface area (Å²) >= 11 is 18.1. The van der Waals surface area contributed by atoms with Gasteiger partial charge in [-0.2, -0.15) is 0 Å². The average molecular weight is 329 g/mol. The van der Waals surface area contributed by atoms with Crippen molar-refractivity contribution in [3.63, 3.8) is 0 Å². The van der Waals surface area contributed by atoms with E-state index < -0.39 is 0 Å². The number of benzene rings is 2. The van der Waals surface area contributed by atoms with E-state index in [1.165, 1.54) is 5.56 Å². The zero-order chi connectivity index (χ0) is 14.7. The van der Waals surface area contributed by atoms with Gasteiger partial charge in [-0.25, -0.2) is 0 Å². The van der Waals surface area contributed by atoms with E-state index in [0.717, 1.165) is 10.6 Å². The Kier molecular flexibility index (Phi) is 5.34. The minimum absolute atomic E-state index is 0.130. The zero-order valence-corrected chi connectivity index (χ0v) is 13.6. The lowest BCUT2D eigenvalue weighted by Crippen LogP contribution is -2.22. The van der Waals surface area contributed by atoms with Crippen LogP contribution in [0, 0.1) is 0 Å². The van der Waals surface area contributed by atoms with Crippen LogP contribution in [0.1, 0.15) is 37.1 Å². The van der Waals surface area contributed by atoms with Crippen LogP contribution in [0.15, 0.2) is 42.5 Å². The Hall–Kier alpha value is -0.730. The van der Waals surface area contributed by atoms with Crippen LogP contribution in [0.25, 0.3) is 0 Å². The van der Waals surface area contributed by atoms with Crippen LogP contribution in [-0.2, 0) is 0 Å². The lowest BCUT2D eigenvalue weighted by Gasteiger charge is -2.21. The first-order chi connectivity index (χ1) is 9.47. The fraction of sp³-hybridized carbons (Fsp3) is 0.250. The highest BCUT2D eigenvalue weighted by molar-refractivity contribution is 6.35. The van der Waals surface area contributed by atoms with Crippen LogP contribution < -0.4 is 5.32 Å². The van der Waals surface area contributed by atoms with Crippen molar-refractivity contribution < 1.29 is 0 Å². The molecule has 0 aliphatic heterocycles. The lowest BCUT2D eigenvalue weighted by atomic mass is 10.0. The molecule has 0 radical (unpaired) electrons. The molecule has 0 saturated heterocycles. The van der Waals surface area contributed by atoms with Gasteiger partial charge >= 0.3 is 0 Å². The highest BCUT2D eigenvalue weighted by Gasteiger charge is 2.13. The second kappa shape index (κ2) is 6.82. The number of hydrogen-bond donors (Lipinski definition) is 1. The van der Waals surface area contributed by atoms with E-state index in [-0.39, 0.29) is 12.1 Å². The Morgan fingerprint density at radius 1 is 0.800 bits per heavy atom. The fourth-order valence-corrected chi connectivity index (χ4v) is 2.86. The Morgan fingerprint density at radius 2 is 1.40 bits per heavy atom. The standard InChI is InChI=1S/C16H16Cl3N/c1-10(12-3-5-13(17)6-4-12)20-11(2)15-8-7-14(18)9-16(15)19/h3-11,20H,1-2H3/t10-,11?/m0/s1. The molecule has 0 heterocycles. The molecule has 0 saturated carbocycles. The summed E-state index contributed by atoms with van der Waals surface area (Å²) < 4.78 is 0. The number of hydrogen-bond acceptors (Lipinski definition) is 1. The third-order valence-corrected chi connectivity index (χ3v) is 4.11. The van der Waals surface area contributed by atoms with Crippen molar-refractivity contribution in [2.24, 2.45) is 0 Å². The van der Waals surface area contributed by atoms with Crippen LogP contribution in [0.5, 0.6) is 0 Å². The topological polar surface area (TPSA) is 12.0 Å². The highest BCUT2D eigenvalue weighted by atomic mass is 35.5. The van der Waals surface area contributed by atoms with Gasteiger partial charge in [0.2, 0.25) is 0 Å². The van der Waals surface area contributed by atoms with Gasteiger partial charge in [0.1, 0.15) is 0 Å². The average Bonchev–Trinajstić information content (AvgIpc) is 2.39. The van der Waals surface area contributed by atoms with Gasteiger partial charge in [0.25, 0.3) is 0 Å². The molecule has 1 nitrogen and oxygen atoms in total. The second-order valence-corrected chi connectivity index (χ2v) is 6.11. The summed E-state index contributed by atoms with van der Waals surface area (Å²) in [5.74, 6) is 0. The molecule has 1 N–H and O–H groups in total. The van der Waals surface area contributed by atoms with E-state index >= 15 is 0 Å². The first-order valence-corrected chi connectivity index (χ1v) is 7.57. The number of halogens is 3. The summed E-state index contributed by atoms with van der Waals surface area (Å²) in [6.45, 7) is 4.20. The fourth-order valence-electron chi connectivity index (χ4n) is 2.17. The molecule has 20 heavy (non-hydrogen) atoms. The molecular formula is C16H16Cl3N. The predicted octanol–water partition coefficient (Wildman–Crippen LogP) is 6.06. The van der Waals surface area contributed by atoms with Gasteiger partial charge in [-0.1, -0.05) is 53.0 Å². The first-order valence-electron chi connectivity index (χ1n) is 6.44. The molecule has 0 aliphatic carbocycles. The predicted molar refractivity (Wildman–Crippen MR) is 87.9 cm³/mol. The molecule has 0 aromatic heterocycles. The Balaban J connectivity index is 2.10. The van der Waals surface area contributed by atoms with Crippen LogP contribution in [0.4, 0.5) is 0 Å². The van der Waals surface area contributed by atoms with Gasteiger partial charge in [-0.15, -0.1) is 0 Å². The van der Waals surface area contributed by atoms with Crippen molar-refractivity contribution in [2.75, 3.05) is 0 Å². The maximum atomic E-state index is 6.23. The first kappa shape index (κ1) is 15.7. The maximum absolute atomic E-state index is 6.23. The van der Waals surface area contributed by atoms with E-state index in [2.05, 4.69) is 19.2 Å².